The van der Waals surface area contributed by atoms with Gasteiger partial charge in [0.15, 0.2) is 0 Å². The zero-order chi connectivity index (χ0) is 11.5. The molecule has 1 rings (SSSR count). The highest BCUT2D eigenvalue weighted by Crippen LogP contribution is 2.29. The van der Waals surface area contributed by atoms with Crippen LogP contribution in [0.15, 0.2) is 11.8 Å². The van der Waals surface area contributed by atoms with Crippen molar-refractivity contribution in [2.45, 2.75) is 52.1 Å². The van der Waals surface area contributed by atoms with Crippen LogP contribution >= 0.6 is 0 Å². The SMILES string of the molecule is CC(C)(C)OC(=O)C1CCCC(=CN)C1. The summed E-state index contributed by atoms with van der Waals surface area (Å²) in [4.78, 5) is 11.8. The molecule has 1 aliphatic carbocycles. The number of esters is 1. The van der Waals surface area contributed by atoms with Crippen LogP contribution in [0.2, 0.25) is 0 Å². The van der Waals surface area contributed by atoms with E-state index < -0.39 is 0 Å². The van der Waals surface area contributed by atoms with E-state index in [1.165, 1.54) is 5.57 Å². The molecule has 0 aromatic heterocycles. The average molecular weight is 211 g/mol. The van der Waals surface area contributed by atoms with E-state index in [1.807, 2.05) is 20.8 Å². The lowest BCUT2D eigenvalue weighted by atomic mass is 9.86. The third-order valence-corrected chi connectivity index (χ3v) is 2.53. The van der Waals surface area contributed by atoms with Gasteiger partial charge in [0.25, 0.3) is 0 Å². The summed E-state index contributed by atoms with van der Waals surface area (Å²) in [6, 6.07) is 0. The van der Waals surface area contributed by atoms with Gasteiger partial charge in [-0.1, -0.05) is 5.57 Å². The van der Waals surface area contributed by atoms with Gasteiger partial charge in [-0.3, -0.25) is 4.79 Å². The van der Waals surface area contributed by atoms with Crippen molar-refractivity contribution in [1.82, 2.24) is 0 Å². The summed E-state index contributed by atoms with van der Waals surface area (Å²) in [5, 5.41) is 0. The smallest absolute Gasteiger partial charge is 0.309 e. The standard InChI is InChI=1S/C12H21NO2/c1-12(2,3)15-11(14)10-6-4-5-9(7-10)8-13/h8,10H,4-7,13H2,1-3H3. The van der Waals surface area contributed by atoms with Crippen molar-refractivity contribution < 1.29 is 9.53 Å². The van der Waals surface area contributed by atoms with Crippen LogP contribution in [-0.2, 0) is 9.53 Å². The molecule has 0 saturated heterocycles. The number of hydrogen-bond donors (Lipinski definition) is 1. The fraction of sp³-hybridized carbons (Fsp3) is 0.750. The van der Waals surface area contributed by atoms with E-state index in [2.05, 4.69) is 0 Å². The summed E-state index contributed by atoms with van der Waals surface area (Å²) in [5.41, 5.74) is 6.27. The molecule has 0 radical (unpaired) electrons. The molecule has 0 amide bonds. The lowest BCUT2D eigenvalue weighted by Gasteiger charge is -2.27. The minimum absolute atomic E-state index is 0.00720. The molecule has 0 heterocycles. The number of rotatable bonds is 1. The van der Waals surface area contributed by atoms with E-state index >= 15 is 0 Å². The van der Waals surface area contributed by atoms with E-state index in [-0.39, 0.29) is 17.5 Å². The molecule has 1 saturated carbocycles. The van der Waals surface area contributed by atoms with Crippen LogP contribution in [0.1, 0.15) is 46.5 Å². The second-order valence-corrected chi connectivity index (χ2v) is 5.15. The van der Waals surface area contributed by atoms with Gasteiger partial charge in [0, 0.05) is 0 Å². The molecule has 0 aromatic carbocycles. The maximum atomic E-state index is 11.8. The van der Waals surface area contributed by atoms with Crippen molar-refractivity contribution in [3.8, 4) is 0 Å². The van der Waals surface area contributed by atoms with Crippen molar-refractivity contribution in [1.29, 1.82) is 0 Å². The van der Waals surface area contributed by atoms with Crippen LogP contribution in [-0.4, -0.2) is 11.6 Å². The zero-order valence-corrected chi connectivity index (χ0v) is 9.88. The van der Waals surface area contributed by atoms with Gasteiger partial charge in [-0.15, -0.1) is 0 Å². The molecule has 3 nitrogen and oxygen atoms in total. The minimum Gasteiger partial charge on any atom is -0.460 e. The van der Waals surface area contributed by atoms with Crippen LogP contribution in [0, 0.1) is 5.92 Å². The Morgan fingerprint density at radius 3 is 2.73 bits per heavy atom. The predicted molar refractivity (Wildman–Crippen MR) is 60.1 cm³/mol. The summed E-state index contributed by atoms with van der Waals surface area (Å²) in [5.74, 6) is -0.0747. The first-order chi connectivity index (χ1) is 6.92. The van der Waals surface area contributed by atoms with E-state index in [1.54, 1.807) is 6.20 Å². The van der Waals surface area contributed by atoms with Crippen LogP contribution in [0.4, 0.5) is 0 Å². The normalized spacial score (nSPS) is 25.3. The Labute approximate surface area is 91.7 Å². The molecule has 0 aromatic rings. The van der Waals surface area contributed by atoms with Gasteiger partial charge < -0.3 is 10.5 Å². The van der Waals surface area contributed by atoms with Crippen molar-refractivity contribution in [3.63, 3.8) is 0 Å². The molecule has 86 valence electrons. The molecule has 0 aliphatic heterocycles. The number of hydrogen-bond acceptors (Lipinski definition) is 3. The molecule has 2 N–H and O–H groups in total. The Hall–Kier alpha value is -0.990. The van der Waals surface area contributed by atoms with Crippen molar-refractivity contribution in [2.75, 3.05) is 0 Å². The highest BCUT2D eigenvalue weighted by molar-refractivity contribution is 5.73. The van der Waals surface area contributed by atoms with Crippen LogP contribution in [0.5, 0.6) is 0 Å². The molecule has 0 spiro atoms. The predicted octanol–water partition coefficient (Wildman–Crippen LogP) is 2.36. The summed E-state index contributed by atoms with van der Waals surface area (Å²) in [7, 11) is 0. The Morgan fingerprint density at radius 1 is 1.53 bits per heavy atom. The van der Waals surface area contributed by atoms with Gasteiger partial charge in [0.1, 0.15) is 5.60 Å². The summed E-state index contributed by atoms with van der Waals surface area (Å²) in [6.45, 7) is 5.69. The molecular weight excluding hydrogens is 190 g/mol. The van der Waals surface area contributed by atoms with E-state index in [0.29, 0.717) is 0 Å². The second-order valence-electron chi connectivity index (χ2n) is 5.15. The van der Waals surface area contributed by atoms with Crippen molar-refractivity contribution in [3.05, 3.63) is 11.8 Å². The second kappa shape index (κ2) is 4.69. The first-order valence-corrected chi connectivity index (χ1v) is 5.55. The van der Waals surface area contributed by atoms with Crippen LogP contribution < -0.4 is 5.73 Å². The Bertz CT molecular complexity index is 263. The number of nitrogens with two attached hydrogens (primary N) is 1. The summed E-state index contributed by atoms with van der Waals surface area (Å²) < 4.78 is 5.36. The fourth-order valence-corrected chi connectivity index (χ4v) is 1.83. The van der Waals surface area contributed by atoms with Gasteiger partial charge in [-0.2, -0.15) is 0 Å². The van der Waals surface area contributed by atoms with Crippen molar-refractivity contribution in [2.24, 2.45) is 11.7 Å². The molecule has 1 fully saturated rings. The monoisotopic (exact) mass is 211 g/mol. The third-order valence-electron chi connectivity index (χ3n) is 2.53. The molecular formula is C12H21NO2. The van der Waals surface area contributed by atoms with E-state index in [4.69, 9.17) is 10.5 Å². The molecule has 1 atom stereocenters. The lowest BCUT2D eigenvalue weighted by molar-refractivity contribution is -0.160. The van der Waals surface area contributed by atoms with E-state index in [0.717, 1.165) is 25.7 Å². The average Bonchev–Trinajstić information content (AvgIpc) is 2.15. The molecule has 15 heavy (non-hydrogen) atoms. The molecule has 1 unspecified atom stereocenters. The van der Waals surface area contributed by atoms with Gasteiger partial charge in [0.05, 0.1) is 5.92 Å². The van der Waals surface area contributed by atoms with E-state index in [9.17, 15) is 4.79 Å². The largest absolute Gasteiger partial charge is 0.460 e. The maximum absolute atomic E-state index is 11.8. The van der Waals surface area contributed by atoms with Gasteiger partial charge in [0.2, 0.25) is 0 Å². The first kappa shape index (κ1) is 12.1. The van der Waals surface area contributed by atoms with Gasteiger partial charge in [-0.05, 0) is 52.7 Å². The van der Waals surface area contributed by atoms with Crippen LogP contribution in [0.25, 0.3) is 0 Å². The summed E-state index contributed by atoms with van der Waals surface area (Å²) >= 11 is 0. The number of carbonyl (C=O) groups is 1. The van der Waals surface area contributed by atoms with Gasteiger partial charge in [-0.25, -0.2) is 0 Å². The zero-order valence-electron chi connectivity index (χ0n) is 9.88. The number of carbonyl (C=O) groups excluding carboxylic acids is 1. The fourth-order valence-electron chi connectivity index (χ4n) is 1.83. The highest BCUT2D eigenvalue weighted by Gasteiger charge is 2.27. The Kier molecular flexibility index (Phi) is 3.77. The van der Waals surface area contributed by atoms with Gasteiger partial charge >= 0.3 is 5.97 Å². The number of allylic oxidation sites excluding steroid dienone is 1. The highest BCUT2D eigenvalue weighted by atomic mass is 16.6. The molecule has 1 aliphatic rings. The third kappa shape index (κ3) is 3.94. The number of ether oxygens (including phenoxy) is 1. The summed E-state index contributed by atoms with van der Waals surface area (Å²) in [6.07, 6.45) is 5.39. The first-order valence-electron chi connectivity index (χ1n) is 5.55. The lowest BCUT2D eigenvalue weighted by Crippen LogP contribution is -2.30. The van der Waals surface area contributed by atoms with Crippen molar-refractivity contribution >= 4 is 5.97 Å². The molecule has 3 heteroatoms. The van der Waals surface area contributed by atoms with Crippen LogP contribution in [0.3, 0.4) is 0 Å². The topological polar surface area (TPSA) is 52.3 Å². The minimum atomic E-state index is -0.388. The quantitative estimate of drug-likeness (QED) is 0.677. The Balaban J connectivity index is 2.53. The molecule has 0 bridgehead atoms. The Morgan fingerprint density at radius 2 is 2.20 bits per heavy atom. The maximum Gasteiger partial charge on any atom is 0.309 e.